The van der Waals surface area contributed by atoms with E-state index in [1.54, 1.807) is 24.3 Å². The molecule has 0 spiro atoms. The second kappa shape index (κ2) is 5.80. The van der Waals surface area contributed by atoms with E-state index >= 15 is 0 Å². The fourth-order valence-electron chi connectivity index (χ4n) is 2.31. The van der Waals surface area contributed by atoms with Crippen molar-refractivity contribution in [2.24, 2.45) is 5.92 Å². The number of ether oxygens (including phenoxy) is 1. The minimum absolute atomic E-state index is 0.110. The molecule has 2 rings (SSSR count). The van der Waals surface area contributed by atoms with Crippen molar-refractivity contribution in [3.63, 3.8) is 0 Å². The van der Waals surface area contributed by atoms with E-state index in [9.17, 15) is 13.2 Å². The number of nitrogens with one attached hydrogen (secondary N) is 1. The number of benzene rings is 1. The molecule has 20 heavy (non-hydrogen) atoms. The van der Waals surface area contributed by atoms with E-state index in [1.165, 1.54) is 14.2 Å². The minimum Gasteiger partial charge on any atom is -0.469 e. The summed E-state index contributed by atoms with van der Waals surface area (Å²) in [6.07, 6.45) is 0.753. The number of sulfonamides is 1. The number of rotatable bonds is 4. The number of methoxy groups -OCH3 is 1. The lowest BCUT2D eigenvalue weighted by Gasteiger charge is -2.18. The van der Waals surface area contributed by atoms with Gasteiger partial charge in [0.25, 0.3) is 0 Å². The van der Waals surface area contributed by atoms with Crippen molar-refractivity contribution in [3.8, 4) is 0 Å². The predicted octanol–water partition coefficient (Wildman–Crippen LogP) is 0.594. The Labute approximate surface area is 118 Å². The van der Waals surface area contributed by atoms with Gasteiger partial charge in [0.2, 0.25) is 10.0 Å². The summed E-state index contributed by atoms with van der Waals surface area (Å²) >= 11 is 0. The van der Waals surface area contributed by atoms with E-state index in [2.05, 4.69) is 9.62 Å². The Balaban J connectivity index is 2.10. The van der Waals surface area contributed by atoms with Gasteiger partial charge in [-0.2, -0.15) is 0 Å². The molecule has 0 saturated carbocycles. The fourth-order valence-corrected chi connectivity index (χ4v) is 3.04. The second-order valence-electron chi connectivity index (χ2n) is 4.66. The molecule has 1 aromatic carbocycles. The number of anilines is 1. The highest BCUT2D eigenvalue weighted by molar-refractivity contribution is 7.89. The summed E-state index contributed by atoms with van der Waals surface area (Å²) in [6, 6.07) is 6.63. The van der Waals surface area contributed by atoms with Crippen molar-refractivity contribution >= 4 is 21.7 Å². The van der Waals surface area contributed by atoms with Crippen molar-refractivity contribution in [2.75, 3.05) is 32.1 Å². The van der Waals surface area contributed by atoms with E-state index in [-0.39, 0.29) is 16.8 Å². The van der Waals surface area contributed by atoms with Crippen LogP contribution in [0.4, 0.5) is 5.69 Å². The number of carbonyl (C=O) groups excluding carboxylic acids is 1. The lowest BCUT2D eigenvalue weighted by molar-refractivity contribution is -0.144. The molecular weight excluding hydrogens is 280 g/mol. The molecule has 1 fully saturated rings. The van der Waals surface area contributed by atoms with Crippen molar-refractivity contribution in [1.82, 2.24) is 4.72 Å². The molecule has 1 saturated heterocycles. The van der Waals surface area contributed by atoms with Gasteiger partial charge in [0, 0.05) is 18.8 Å². The summed E-state index contributed by atoms with van der Waals surface area (Å²) in [5, 5.41) is 0. The largest absolute Gasteiger partial charge is 0.469 e. The maximum atomic E-state index is 11.6. The lowest BCUT2D eigenvalue weighted by atomic mass is 10.1. The number of hydrogen-bond acceptors (Lipinski definition) is 5. The minimum atomic E-state index is -3.41. The summed E-state index contributed by atoms with van der Waals surface area (Å²) in [6.45, 7) is 1.36. The summed E-state index contributed by atoms with van der Waals surface area (Å²) < 4.78 is 30.3. The van der Waals surface area contributed by atoms with Crippen molar-refractivity contribution in [3.05, 3.63) is 24.3 Å². The molecule has 1 aromatic rings. The number of carbonyl (C=O) groups is 1. The van der Waals surface area contributed by atoms with Crippen LogP contribution in [0.25, 0.3) is 0 Å². The van der Waals surface area contributed by atoms with E-state index in [4.69, 9.17) is 4.74 Å². The lowest BCUT2D eigenvalue weighted by Crippen LogP contribution is -2.23. The first kappa shape index (κ1) is 14.8. The fraction of sp³-hybridized carbons (Fsp3) is 0.462. The monoisotopic (exact) mass is 298 g/mol. The van der Waals surface area contributed by atoms with Gasteiger partial charge in [0.15, 0.2) is 0 Å². The third-order valence-electron chi connectivity index (χ3n) is 3.50. The maximum absolute atomic E-state index is 11.6. The van der Waals surface area contributed by atoms with Gasteiger partial charge < -0.3 is 9.64 Å². The molecule has 7 heteroatoms. The molecule has 1 unspecified atom stereocenters. The van der Waals surface area contributed by atoms with E-state index in [1.807, 2.05) is 0 Å². The van der Waals surface area contributed by atoms with Crippen molar-refractivity contribution in [1.29, 1.82) is 0 Å². The highest BCUT2D eigenvalue weighted by Gasteiger charge is 2.29. The van der Waals surface area contributed by atoms with Crippen LogP contribution in [0.1, 0.15) is 6.42 Å². The van der Waals surface area contributed by atoms with Crippen LogP contribution in [-0.4, -0.2) is 41.6 Å². The van der Waals surface area contributed by atoms with Gasteiger partial charge in [0.1, 0.15) is 0 Å². The molecule has 1 aliphatic rings. The quantitative estimate of drug-likeness (QED) is 0.824. The summed E-state index contributed by atoms with van der Waals surface area (Å²) in [4.78, 5) is 13.8. The first-order chi connectivity index (χ1) is 9.47. The van der Waals surface area contributed by atoms with Gasteiger partial charge in [-0.1, -0.05) is 0 Å². The van der Waals surface area contributed by atoms with Crippen LogP contribution in [0, 0.1) is 5.92 Å². The van der Waals surface area contributed by atoms with Crippen molar-refractivity contribution in [2.45, 2.75) is 11.3 Å². The van der Waals surface area contributed by atoms with Crippen LogP contribution >= 0.6 is 0 Å². The molecular formula is C13H18N2O4S. The van der Waals surface area contributed by atoms with E-state index in [0.717, 1.165) is 18.7 Å². The molecule has 0 amide bonds. The summed E-state index contributed by atoms with van der Waals surface area (Å²) in [5.41, 5.74) is 0.909. The zero-order valence-corrected chi connectivity index (χ0v) is 12.3. The summed E-state index contributed by atoms with van der Waals surface area (Å²) in [5.74, 6) is -0.303. The molecule has 0 bridgehead atoms. The van der Waals surface area contributed by atoms with Crippen LogP contribution in [0.2, 0.25) is 0 Å². The average molecular weight is 298 g/mol. The number of hydrogen-bond donors (Lipinski definition) is 1. The second-order valence-corrected chi connectivity index (χ2v) is 6.54. The van der Waals surface area contributed by atoms with Gasteiger partial charge in [-0.3, -0.25) is 4.79 Å². The molecule has 1 heterocycles. The van der Waals surface area contributed by atoms with E-state index < -0.39 is 10.0 Å². The Morgan fingerprint density at radius 1 is 1.35 bits per heavy atom. The van der Waals surface area contributed by atoms with Crippen LogP contribution in [0.3, 0.4) is 0 Å². The molecule has 6 nitrogen and oxygen atoms in total. The van der Waals surface area contributed by atoms with Gasteiger partial charge in [0.05, 0.1) is 17.9 Å². The predicted molar refractivity (Wildman–Crippen MR) is 75.0 cm³/mol. The summed E-state index contributed by atoms with van der Waals surface area (Å²) in [7, 11) is -0.638. The Hall–Kier alpha value is -1.60. The maximum Gasteiger partial charge on any atom is 0.310 e. The Morgan fingerprint density at radius 2 is 2.00 bits per heavy atom. The zero-order valence-electron chi connectivity index (χ0n) is 11.5. The third-order valence-corrected chi connectivity index (χ3v) is 4.93. The molecule has 1 N–H and O–H groups in total. The molecule has 0 radical (unpaired) electrons. The van der Waals surface area contributed by atoms with Gasteiger partial charge in [-0.15, -0.1) is 0 Å². The number of nitrogens with zero attached hydrogens (tertiary/aromatic N) is 1. The Kier molecular flexibility index (Phi) is 4.29. The number of esters is 1. The standard InChI is InChI=1S/C13H18N2O4S/c1-14-20(17,18)12-5-3-11(4-6-12)15-8-7-10(9-15)13(16)19-2/h3-6,10,14H,7-9H2,1-2H3. The first-order valence-electron chi connectivity index (χ1n) is 6.34. The smallest absolute Gasteiger partial charge is 0.310 e. The van der Waals surface area contributed by atoms with Crippen molar-refractivity contribution < 1.29 is 17.9 Å². The first-order valence-corrected chi connectivity index (χ1v) is 7.82. The molecule has 0 aromatic heterocycles. The highest BCUT2D eigenvalue weighted by Crippen LogP contribution is 2.25. The zero-order chi connectivity index (χ0) is 14.8. The molecule has 1 atom stereocenters. The van der Waals surface area contributed by atoms with Gasteiger partial charge >= 0.3 is 5.97 Å². The van der Waals surface area contributed by atoms with Crippen LogP contribution in [0.15, 0.2) is 29.2 Å². The molecule has 1 aliphatic heterocycles. The molecule has 0 aliphatic carbocycles. The van der Waals surface area contributed by atoms with Crippen LogP contribution < -0.4 is 9.62 Å². The third kappa shape index (κ3) is 2.94. The van der Waals surface area contributed by atoms with Crippen LogP contribution in [0.5, 0.6) is 0 Å². The van der Waals surface area contributed by atoms with Crippen LogP contribution in [-0.2, 0) is 19.6 Å². The Morgan fingerprint density at radius 3 is 2.55 bits per heavy atom. The normalized spacial score (nSPS) is 19.1. The average Bonchev–Trinajstić information content (AvgIpc) is 2.96. The molecule has 110 valence electrons. The Bertz CT molecular complexity index is 583. The van der Waals surface area contributed by atoms with Gasteiger partial charge in [-0.05, 0) is 37.7 Å². The highest BCUT2D eigenvalue weighted by atomic mass is 32.2. The van der Waals surface area contributed by atoms with Gasteiger partial charge in [-0.25, -0.2) is 13.1 Å². The topological polar surface area (TPSA) is 75.7 Å². The van der Waals surface area contributed by atoms with E-state index in [0.29, 0.717) is 6.54 Å². The SMILES string of the molecule is CNS(=O)(=O)c1ccc(N2CCC(C(=O)OC)C2)cc1.